The highest BCUT2D eigenvalue weighted by molar-refractivity contribution is 6.00. The van der Waals surface area contributed by atoms with Gasteiger partial charge in [0.05, 0.1) is 13.2 Å². The molecule has 4 aromatic rings. The van der Waals surface area contributed by atoms with Gasteiger partial charge in [0, 0.05) is 47.7 Å². The van der Waals surface area contributed by atoms with Gasteiger partial charge in [-0.3, -0.25) is 14.4 Å². The molecule has 0 spiro atoms. The van der Waals surface area contributed by atoms with Gasteiger partial charge < -0.3 is 19.9 Å². The third-order valence-corrected chi connectivity index (χ3v) is 7.73. The van der Waals surface area contributed by atoms with E-state index in [4.69, 9.17) is 4.74 Å². The van der Waals surface area contributed by atoms with Gasteiger partial charge in [0.2, 0.25) is 5.91 Å². The molecular weight excluding hydrogens is 532 g/mol. The van der Waals surface area contributed by atoms with Gasteiger partial charge in [-0.2, -0.15) is 5.10 Å². The van der Waals surface area contributed by atoms with Crippen LogP contribution < -0.4 is 10.6 Å². The number of benzene rings is 2. The van der Waals surface area contributed by atoms with E-state index in [1.807, 2.05) is 59.6 Å². The first-order chi connectivity index (χ1) is 20.3. The second kappa shape index (κ2) is 12.6. The van der Waals surface area contributed by atoms with Gasteiger partial charge in [0.15, 0.2) is 5.82 Å². The summed E-state index contributed by atoms with van der Waals surface area (Å²) in [6.45, 7) is 6.52. The van der Waals surface area contributed by atoms with Gasteiger partial charge in [-0.1, -0.05) is 18.2 Å². The van der Waals surface area contributed by atoms with Crippen LogP contribution in [0.1, 0.15) is 84.4 Å². The maximum atomic E-state index is 13.7. The van der Waals surface area contributed by atoms with E-state index >= 15 is 0 Å². The first-order valence-electron chi connectivity index (χ1n) is 14.6. The van der Waals surface area contributed by atoms with Gasteiger partial charge >= 0.3 is 5.97 Å². The predicted molar refractivity (Wildman–Crippen MR) is 161 cm³/mol. The number of fused-ring (bicyclic) bond motifs is 1. The number of carbonyl (C=O) groups excluding carboxylic acids is 3. The zero-order valence-corrected chi connectivity index (χ0v) is 24.6. The molecule has 0 aliphatic heterocycles. The van der Waals surface area contributed by atoms with Gasteiger partial charge in [0.1, 0.15) is 12.4 Å². The molecule has 2 aromatic heterocycles. The van der Waals surface area contributed by atoms with E-state index in [-0.39, 0.29) is 17.8 Å². The number of anilines is 1. The molecule has 1 saturated carbocycles. The molecule has 0 saturated heterocycles. The van der Waals surface area contributed by atoms with Crippen molar-refractivity contribution < 1.29 is 19.1 Å². The SMILES string of the molecule is CCOC(=O)CCCc1ccc(Cn2cnc(C3CC3)n2)cc1NC(=O)C(C)n1cc(C)c2ccc(C(=O)NC)cc21. The summed E-state index contributed by atoms with van der Waals surface area (Å²) in [5.41, 5.74) is 5.00. The van der Waals surface area contributed by atoms with Crippen molar-refractivity contribution >= 4 is 34.4 Å². The van der Waals surface area contributed by atoms with Crippen molar-refractivity contribution in [3.8, 4) is 0 Å². The first kappa shape index (κ1) is 29.0. The van der Waals surface area contributed by atoms with Crippen molar-refractivity contribution in [3.05, 3.63) is 77.0 Å². The minimum atomic E-state index is -0.548. The highest BCUT2D eigenvalue weighted by Gasteiger charge is 2.27. The zero-order chi connectivity index (χ0) is 29.8. The Morgan fingerprint density at radius 3 is 2.69 bits per heavy atom. The minimum Gasteiger partial charge on any atom is -0.466 e. The summed E-state index contributed by atoms with van der Waals surface area (Å²) in [6.07, 6.45) is 7.51. The number of hydrogen-bond donors (Lipinski definition) is 2. The summed E-state index contributed by atoms with van der Waals surface area (Å²) < 4.78 is 8.82. The molecule has 1 aliphatic rings. The lowest BCUT2D eigenvalue weighted by Gasteiger charge is -2.18. The highest BCUT2D eigenvalue weighted by Crippen LogP contribution is 2.37. The fraction of sp³-hybridized carbons (Fsp3) is 0.406. The lowest BCUT2D eigenvalue weighted by molar-refractivity contribution is -0.143. The van der Waals surface area contributed by atoms with Crippen molar-refractivity contribution in [2.75, 3.05) is 19.0 Å². The number of aromatic nitrogens is 4. The topological polar surface area (TPSA) is 120 Å². The van der Waals surface area contributed by atoms with Crippen molar-refractivity contribution in [2.24, 2.45) is 0 Å². The monoisotopic (exact) mass is 570 g/mol. The normalized spacial score (nSPS) is 13.6. The Bertz CT molecular complexity index is 1620. The van der Waals surface area contributed by atoms with Crippen LogP contribution in [-0.4, -0.2) is 50.8 Å². The van der Waals surface area contributed by atoms with E-state index < -0.39 is 6.04 Å². The average molecular weight is 571 g/mol. The van der Waals surface area contributed by atoms with Crippen LogP contribution >= 0.6 is 0 Å². The molecular formula is C32H38N6O4. The molecule has 1 aliphatic carbocycles. The van der Waals surface area contributed by atoms with Crippen molar-refractivity contribution in [3.63, 3.8) is 0 Å². The Hall–Kier alpha value is -4.47. The van der Waals surface area contributed by atoms with Gasteiger partial charge in [0.25, 0.3) is 5.91 Å². The molecule has 2 aromatic carbocycles. The fourth-order valence-electron chi connectivity index (χ4n) is 5.21. The Morgan fingerprint density at radius 1 is 1.14 bits per heavy atom. The molecule has 2 heterocycles. The summed E-state index contributed by atoms with van der Waals surface area (Å²) in [4.78, 5) is 42.4. The fourth-order valence-corrected chi connectivity index (χ4v) is 5.21. The summed E-state index contributed by atoms with van der Waals surface area (Å²) in [7, 11) is 1.60. The number of aryl methyl sites for hydroxylation is 2. The number of carbonyl (C=O) groups is 3. The van der Waals surface area contributed by atoms with Crippen LogP contribution in [-0.2, 0) is 27.3 Å². The van der Waals surface area contributed by atoms with Gasteiger partial charge in [-0.05, 0) is 81.3 Å². The smallest absolute Gasteiger partial charge is 0.305 e. The molecule has 1 atom stereocenters. The Balaban J connectivity index is 1.39. The largest absolute Gasteiger partial charge is 0.466 e. The van der Waals surface area contributed by atoms with Crippen LogP contribution in [0.25, 0.3) is 10.9 Å². The van der Waals surface area contributed by atoms with Crippen LogP contribution in [0.15, 0.2) is 48.9 Å². The third-order valence-electron chi connectivity index (χ3n) is 7.73. The van der Waals surface area contributed by atoms with E-state index in [0.717, 1.165) is 46.3 Å². The molecule has 1 unspecified atom stereocenters. The standard InChI is InChI=1S/C32H38N6O4/c1-5-42-29(39)8-6-7-23-10-9-22(18-37-19-34-30(36-37)24-11-12-24)15-27(23)35-31(40)21(3)38-17-20(2)26-14-13-25(16-28(26)38)32(41)33-4/h9-10,13-17,19,21,24H,5-8,11-12,18H2,1-4H3,(H,33,41)(H,35,40). The van der Waals surface area contributed by atoms with Crippen molar-refractivity contribution in [2.45, 2.75) is 71.4 Å². The van der Waals surface area contributed by atoms with Crippen LogP contribution in [0, 0.1) is 6.92 Å². The van der Waals surface area contributed by atoms with E-state index in [1.165, 1.54) is 0 Å². The van der Waals surface area contributed by atoms with E-state index in [9.17, 15) is 14.4 Å². The lowest BCUT2D eigenvalue weighted by Crippen LogP contribution is -2.24. The second-order valence-electron chi connectivity index (χ2n) is 10.9. The van der Waals surface area contributed by atoms with Crippen molar-refractivity contribution in [1.82, 2.24) is 24.6 Å². The average Bonchev–Trinajstić information content (AvgIpc) is 3.65. The number of nitrogens with one attached hydrogen (secondary N) is 2. The first-order valence-corrected chi connectivity index (χ1v) is 14.6. The molecule has 2 N–H and O–H groups in total. The number of amides is 2. The Kier molecular flexibility index (Phi) is 8.70. The predicted octanol–water partition coefficient (Wildman–Crippen LogP) is 4.91. The van der Waals surface area contributed by atoms with Gasteiger partial charge in [-0.15, -0.1) is 0 Å². The third kappa shape index (κ3) is 6.53. The number of esters is 1. The summed E-state index contributed by atoms with van der Waals surface area (Å²) >= 11 is 0. The van der Waals surface area contributed by atoms with Crippen LogP contribution in [0.2, 0.25) is 0 Å². The highest BCUT2D eigenvalue weighted by atomic mass is 16.5. The van der Waals surface area contributed by atoms with E-state index in [2.05, 4.69) is 20.7 Å². The second-order valence-corrected chi connectivity index (χ2v) is 10.9. The molecule has 1 fully saturated rings. The molecule has 220 valence electrons. The van der Waals surface area contributed by atoms with Crippen LogP contribution in [0.5, 0.6) is 0 Å². The molecule has 10 nitrogen and oxygen atoms in total. The summed E-state index contributed by atoms with van der Waals surface area (Å²) in [5.74, 6) is 0.780. The summed E-state index contributed by atoms with van der Waals surface area (Å²) in [5, 5.41) is 11.4. The number of ether oxygens (including phenoxy) is 1. The lowest BCUT2D eigenvalue weighted by atomic mass is 10.0. The summed E-state index contributed by atoms with van der Waals surface area (Å²) in [6, 6.07) is 11.0. The number of rotatable bonds is 12. The molecule has 0 bridgehead atoms. The van der Waals surface area contributed by atoms with E-state index in [0.29, 0.717) is 49.6 Å². The van der Waals surface area contributed by atoms with Crippen LogP contribution in [0.4, 0.5) is 5.69 Å². The molecule has 5 rings (SSSR count). The molecule has 0 radical (unpaired) electrons. The molecule has 2 amide bonds. The van der Waals surface area contributed by atoms with Crippen molar-refractivity contribution in [1.29, 1.82) is 0 Å². The Morgan fingerprint density at radius 2 is 1.95 bits per heavy atom. The minimum absolute atomic E-state index is 0.180. The quantitative estimate of drug-likeness (QED) is 0.234. The maximum Gasteiger partial charge on any atom is 0.305 e. The van der Waals surface area contributed by atoms with Crippen LogP contribution in [0.3, 0.4) is 0 Å². The van der Waals surface area contributed by atoms with E-state index in [1.54, 1.807) is 26.4 Å². The van der Waals surface area contributed by atoms with Gasteiger partial charge in [-0.25, -0.2) is 9.67 Å². The maximum absolute atomic E-state index is 13.7. The molecule has 42 heavy (non-hydrogen) atoms. The number of hydrogen-bond acceptors (Lipinski definition) is 6. The number of nitrogens with zero attached hydrogens (tertiary/aromatic N) is 4. The molecule has 10 heteroatoms. The Labute approximate surface area is 245 Å². The zero-order valence-electron chi connectivity index (χ0n) is 24.6.